The zero-order valence-electron chi connectivity index (χ0n) is 16.9. The van der Waals surface area contributed by atoms with E-state index in [4.69, 9.17) is 21.1 Å². The molecule has 1 atom stereocenters. The van der Waals surface area contributed by atoms with E-state index >= 15 is 0 Å². The van der Waals surface area contributed by atoms with Crippen molar-refractivity contribution < 1.29 is 23.8 Å². The van der Waals surface area contributed by atoms with Gasteiger partial charge in [-0.25, -0.2) is 4.39 Å². The van der Waals surface area contributed by atoms with E-state index < -0.39 is 11.9 Å². The van der Waals surface area contributed by atoms with Crippen LogP contribution >= 0.6 is 11.6 Å². The van der Waals surface area contributed by atoms with Gasteiger partial charge in [-0.05, 0) is 35.9 Å². The lowest BCUT2D eigenvalue weighted by atomic mass is 10.1. The molecule has 1 amide bonds. The van der Waals surface area contributed by atoms with E-state index in [2.05, 4.69) is 4.90 Å². The standard InChI is InChI=1S/C22H26ClFN2O4/c1-29-19-5-2-16(3-6-19)14-30-15-18(27)13-25-8-10-26(11-9-25)22(28)20-7-4-17(23)12-21(20)24/h2-7,12,18,27H,8-11,13-15H2,1H3. The second-order valence-electron chi connectivity index (χ2n) is 7.23. The number of ether oxygens (including phenoxy) is 2. The molecule has 0 aliphatic carbocycles. The molecule has 1 fully saturated rings. The molecular weight excluding hydrogens is 411 g/mol. The second kappa shape index (κ2) is 10.7. The van der Waals surface area contributed by atoms with Crippen molar-refractivity contribution in [1.29, 1.82) is 0 Å². The molecule has 0 saturated carbocycles. The first-order valence-corrected chi connectivity index (χ1v) is 10.2. The number of halogens is 2. The summed E-state index contributed by atoms with van der Waals surface area (Å²) in [4.78, 5) is 16.2. The van der Waals surface area contributed by atoms with E-state index in [0.717, 1.165) is 17.4 Å². The van der Waals surface area contributed by atoms with Gasteiger partial charge in [0.1, 0.15) is 11.6 Å². The number of aliphatic hydroxyl groups is 1. The minimum Gasteiger partial charge on any atom is -0.497 e. The number of β-amino-alcohol motifs (C(OH)–C–C–N with tert-alkyl or cyclic N) is 1. The average molecular weight is 437 g/mol. The zero-order valence-corrected chi connectivity index (χ0v) is 17.6. The van der Waals surface area contributed by atoms with Crippen LogP contribution in [0.25, 0.3) is 0 Å². The fourth-order valence-corrected chi connectivity index (χ4v) is 3.51. The van der Waals surface area contributed by atoms with Crippen molar-refractivity contribution in [2.45, 2.75) is 12.7 Å². The van der Waals surface area contributed by atoms with Gasteiger partial charge in [0.25, 0.3) is 5.91 Å². The van der Waals surface area contributed by atoms with Gasteiger partial charge in [0.2, 0.25) is 0 Å². The van der Waals surface area contributed by atoms with E-state index in [1.54, 1.807) is 12.0 Å². The maximum absolute atomic E-state index is 14.0. The van der Waals surface area contributed by atoms with Crippen LogP contribution in [0.5, 0.6) is 5.75 Å². The SMILES string of the molecule is COc1ccc(COCC(O)CN2CCN(C(=O)c3ccc(Cl)cc3F)CC2)cc1. The van der Waals surface area contributed by atoms with Gasteiger partial charge in [0.15, 0.2) is 0 Å². The monoisotopic (exact) mass is 436 g/mol. The van der Waals surface area contributed by atoms with E-state index in [-0.39, 0.29) is 23.1 Å². The Hall–Kier alpha value is -2.19. The van der Waals surface area contributed by atoms with E-state index in [1.807, 2.05) is 24.3 Å². The summed E-state index contributed by atoms with van der Waals surface area (Å²) in [7, 11) is 1.62. The third-order valence-corrected chi connectivity index (χ3v) is 5.26. The lowest BCUT2D eigenvalue weighted by Crippen LogP contribution is -2.51. The van der Waals surface area contributed by atoms with Crippen molar-refractivity contribution in [2.24, 2.45) is 0 Å². The summed E-state index contributed by atoms with van der Waals surface area (Å²) < 4.78 is 24.7. The second-order valence-corrected chi connectivity index (χ2v) is 7.67. The number of carbonyl (C=O) groups excluding carboxylic acids is 1. The van der Waals surface area contributed by atoms with E-state index in [0.29, 0.717) is 39.3 Å². The van der Waals surface area contributed by atoms with Crippen molar-refractivity contribution in [3.8, 4) is 5.75 Å². The van der Waals surface area contributed by atoms with Gasteiger partial charge in [0, 0.05) is 37.7 Å². The largest absolute Gasteiger partial charge is 0.497 e. The number of piperazine rings is 1. The summed E-state index contributed by atoms with van der Waals surface area (Å²) in [5.41, 5.74) is 1.03. The Labute approximate surface area is 180 Å². The normalized spacial score (nSPS) is 15.8. The Kier molecular flexibility index (Phi) is 8.04. The number of nitrogens with zero attached hydrogens (tertiary/aromatic N) is 2. The van der Waals surface area contributed by atoms with Crippen molar-refractivity contribution in [1.82, 2.24) is 9.80 Å². The van der Waals surface area contributed by atoms with Crippen molar-refractivity contribution in [2.75, 3.05) is 46.4 Å². The summed E-state index contributed by atoms with van der Waals surface area (Å²) in [6.07, 6.45) is -0.626. The molecule has 1 aliphatic rings. The van der Waals surface area contributed by atoms with Crippen LogP contribution < -0.4 is 4.74 Å². The number of aliphatic hydroxyl groups excluding tert-OH is 1. The van der Waals surface area contributed by atoms with Gasteiger partial charge in [-0.2, -0.15) is 0 Å². The molecule has 6 nitrogen and oxygen atoms in total. The van der Waals surface area contributed by atoms with Crippen LogP contribution in [-0.2, 0) is 11.3 Å². The first-order chi connectivity index (χ1) is 14.5. The number of benzene rings is 2. The molecule has 0 bridgehead atoms. The molecule has 1 aliphatic heterocycles. The highest BCUT2D eigenvalue weighted by Gasteiger charge is 2.25. The fourth-order valence-electron chi connectivity index (χ4n) is 3.35. The van der Waals surface area contributed by atoms with Gasteiger partial charge in [0.05, 0.1) is 32.0 Å². The highest BCUT2D eigenvalue weighted by Crippen LogP contribution is 2.17. The van der Waals surface area contributed by atoms with Crippen LogP contribution in [0.3, 0.4) is 0 Å². The van der Waals surface area contributed by atoms with Gasteiger partial charge in [-0.15, -0.1) is 0 Å². The first kappa shape index (κ1) is 22.5. The van der Waals surface area contributed by atoms with Crippen LogP contribution in [0, 0.1) is 5.82 Å². The van der Waals surface area contributed by atoms with Crippen LogP contribution in [0.4, 0.5) is 4.39 Å². The summed E-state index contributed by atoms with van der Waals surface area (Å²) in [6.45, 7) is 3.25. The van der Waals surface area contributed by atoms with Crippen molar-refractivity contribution in [3.63, 3.8) is 0 Å². The molecule has 1 N–H and O–H groups in total. The molecular formula is C22H26ClFN2O4. The predicted molar refractivity (Wildman–Crippen MR) is 112 cm³/mol. The number of hydrogen-bond donors (Lipinski definition) is 1. The Balaban J connectivity index is 1.38. The highest BCUT2D eigenvalue weighted by atomic mass is 35.5. The minimum absolute atomic E-state index is 0.0276. The van der Waals surface area contributed by atoms with Crippen molar-refractivity contribution >= 4 is 17.5 Å². The maximum atomic E-state index is 14.0. The Morgan fingerprint density at radius 1 is 1.17 bits per heavy atom. The average Bonchev–Trinajstić information content (AvgIpc) is 2.74. The van der Waals surface area contributed by atoms with E-state index in [1.165, 1.54) is 12.1 Å². The lowest BCUT2D eigenvalue weighted by molar-refractivity contribution is 0.00202. The summed E-state index contributed by atoms with van der Waals surface area (Å²) >= 11 is 5.75. The topological polar surface area (TPSA) is 62.2 Å². The lowest BCUT2D eigenvalue weighted by Gasteiger charge is -2.35. The quantitative estimate of drug-likeness (QED) is 0.689. The zero-order chi connectivity index (χ0) is 21.5. The molecule has 2 aromatic carbocycles. The molecule has 1 unspecified atom stereocenters. The third-order valence-electron chi connectivity index (χ3n) is 5.03. The van der Waals surface area contributed by atoms with Crippen LogP contribution in [0.15, 0.2) is 42.5 Å². The Morgan fingerprint density at radius 3 is 2.50 bits per heavy atom. The summed E-state index contributed by atoms with van der Waals surface area (Å²) in [6, 6.07) is 11.6. The molecule has 1 saturated heterocycles. The maximum Gasteiger partial charge on any atom is 0.256 e. The van der Waals surface area contributed by atoms with Gasteiger partial charge >= 0.3 is 0 Å². The number of rotatable bonds is 8. The van der Waals surface area contributed by atoms with Gasteiger partial charge in [-0.3, -0.25) is 9.69 Å². The van der Waals surface area contributed by atoms with E-state index in [9.17, 15) is 14.3 Å². The smallest absolute Gasteiger partial charge is 0.256 e. The summed E-state index contributed by atoms with van der Waals surface area (Å²) in [5, 5.41) is 10.5. The van der Waals surface area contributed by atoms with Gasteiger partial charge < -0.3 is 19.5 Å². The predicted octanol–water partition coefficient (Wildman–Crippen LogP) is 2.82. The Bertz CT molecular complexity index is 842. The van der Waals surface area contributed by atoms with Gasteiger partial charge in [-0.1, -0.05) is 23.7 Å². The molecule has 162 valence electrons. The molecule has 3 rings (SSSR count). The first-order valence-electron chi connectivity index (χ1n) is 9.81. The number of amides is 1. The number of methoxy groups -OCH3 is 1. The fraction of sp³-hybridized carbons (Fsp3) is 0.409. The molecule has 8 heteroatoms. The number of hydrogen-bond acceptors (Lipinski definition) is 5. The minimum atomic E-state index is -0.626. The van der Waals surface area contributed by atoms with Crippen LogP contribution in [0.1, 0.15) is 15.9 Å². The third kappa shape index (κ3) is 6.15. The molecule has 30 heavy (non-hydrogen) atoms. The molecule has 0 aromatic heterocycles. The highest BCUT2D eigenvalue weighted by molar-refractivity contribution is 6.30. The van der Waals surface area contributed by atoms with Crippen LogP contribution in [0.2, 0.25) is 5.02 Å². The number of carbonyl (C=O) groups is 1. The Morgan fingerprint density at radius 2 is 1.87 bits per heavy atom. The molecule has 2 aromatic rings. The molecule has 0 spiro atoms. The summed E-state index contributed by atoms with van der Waals surface area (Å²) in [5.74, 6) is -0.165. The molecule has 1 heterocycles. The van der Waals surface area contributed by atoms with Crippen LogP contribution in [-0.4, -0.2) is 73.4 Å². The van der Waals surface area contributed by atoms with Crippen molar-refractivity contribution in [3.05, 3.63) is 64.4 Å². The molecule has 0 radical (unpaired) electrons.